The first-order valence-electron chi connectivity index (χ1n) is 14.7. The molecule has 3 aliphatic rings. The van der Waals surface area contributed by atoms with E-state index in [1.54, 1.807) is 11.2 Å². The van der Waals surface area contributed by atoms with Crippen molar-refractivity contribution in [1.29, 1.82) is 0 Å². The van der Waals surface area contributed by atoms with Gasteiger partial charge in [0.15, 0.2) is 0 Å². The number of aliphatic carboxylic acids is 1. The summed E-state index contributed by atoms with van der Waals surface area (Å²) in [6.45, 7) is 6.41. The van der Waals surface area contributed by atoms with Gasteiger partial charge in [0, 0.05) is 54.7 Å². The summed E-state index contributed by atoms with van der Waals surface area (Å²) in [5.41, 5.74) is 0.755. The molecule has 228 valence electrons. The van der Waals surface area contributed by atoms with Crippen LogP contribution in [0.4, 0.5) is 0 Å². The van der Waals surface area contributed by atoms with Crippen LogP contribution in [0.1, 0.15) is 69.0 Å². The third-order valence-electron chi connectivity index (χ3n) is 9.10. The third-order valence-corrected chi connectivity index (χ3v) is 12.0. The van der Waals surface area contributed by atoms with Gasteiger partial charge in [-0.3, -0.25) is 14.5 Å². The molecule has 11 heteroatoms. The lowest BCUT2D eigenvalue weighted by Gasteiger charge is -2.52. The van der Waals surface area contributed by atoms with E-state index in [4.69, 9.17) is 23.2 Å². The summed E-state index contributed by atoms with van der Waals surface area (Å²) < 4.78 is 27.2. The fourth-order valence-electron chi connectivity index (χ4n) is 6.74. The van der Waals surface area contributed by atoms with Crippen molar-refractivity contribution in [2.24, 2.45) is 5.41 Å². The Morgan fingerprint density at radius 1 is 1.02 bits per heavy atom. The van der Waals surface area contributed by atoms with E-state index in [2.05, 4.69) is 4.90 Å². The van der Waals surface area contributed by atoms with Crippen molar-refractivity contribution >= 4 is 45.1 Å². The number of hydrogen-bond acceptors (Lipinski definition) is 5. The Bertz CT molecular complexity index is 1410. The summed E-state index contributed by atoms with van der Waals surface area (Å²) in [5.74, 6) is -1.40. The second-order valence-corrected chi connectivity index (χ2v) is 15.3. The molecule has 2 aliphatic heterocycles. The highest BCUT2D eigenvalue weighted by molar-refractivity contribution is 7.90. The normalized spacial score (nSPS) is 26.8. The molecule has 1 N–H and O–H groups in total. The number of likely N-dealkylation sites (tertiary alicyclic amines) is 1. The van der Waals surface area contributed by atoms with Gasteiger partial charge in [-0.1, -0.05) is 61.3 Å². The zero-order chi connectivity index (χ0) is 30.2. The number of piperazine rings is 1. The topological polar surface area (TPSA) is 98.2 Å². The van der Waals surface area contributed by atoms with Crippen LogP contribution in [0.5, 0.6) is 0 Å². The summed E-state index contributed by atoms with van der Waals surface area (Å²) in [4.78, 5) is 30.7. The molecule has 0 aromatic heterocycles. The molecular formula is C31H39Cl2N3O5S. The van der Waals surface area contributed by atoms with Gasteiger partial charge in [-0.15, -0.1) is 0 Å². The number of benzene rings is 2. The minimum Gasteiger partial charge on any atom is -0.481 e. The SMILES string of the molecule is CC[C@@H](CN1CCN(S(=O)(=O)C2CC2)CC1)N1C(=O)[C@](C)(CC(=O)O)C[C@H](c2cccc(Cl)c2)[C@H]1c1ccc(Cl)cc1. The van der Waals surface area contributed by atoms with Crippen LogP contribution in [0.15, 0.2) is 48.5 Å². The Morgan fingerprint density at radius 3 is 2.26 bits per heavy atom. The van der Waals surface area contributed by atoms with Crippen LogP contribution in [0, 0.1) is 5.41 Å². The number of nitrogens with zero attached hydrogens (tertiary/aromatic N) is 3. The van der Waals surface area contributed by atoms with Crippen molar-refractivity contribution in [2.75, 3.05) is 32.7 Å². The van der Waals surface area contributed by atoms with Gasteiger partial charge in [0.25, 0.3) is 0 Å². The van der Waals surface area contributed by atoms with Gasteiger partial charge in [0.2, 0.25) is 15.9 Å². The number of amides is 1. The first-order valence-corrected chi connectivity index (χ1v) is 17.0. The molecule has 0 radical (unpaired) electrons. The Kier molecular flexibility index (Phi) is 9.26. The van der Waals surface area contributed by atoms with Crippen molar-refractivity contribution in [3.05, 3.63) is 69.7 Å². The van der Waals surface area contributed by atoms with E-state index in [0.29, 0.717) is 55.6 Å². The van der Waals surface area contributed by atoms with Crippen molar-refractivity contribution in [1.82, 2.24) is 14.1 Å². The molecule has 4 atom stereocenters. The van der Waals surface area contributed by atoms with Crippen LogP contribution in [-0.2, 0) is 19.6 Å². The molecule has 2 saturated heterocycles. The monoisotopic (exact) mass is 635 g/mol. The third kappa shape index (κ3) is 6.50. The first kappa shape index (κ1) is 31.3. The van der Waals surface area contributed by atoms with Crippen molar-refractivity contribution < 1.29 is 23.1 Å². The van der Waals surface area contributed by atoms with E-state index in [1.807, 2.05) is 60.4 Å². The Morgan fingerprint density at radius 2 is 1.69 bits per heavy atom. The number of carbonyl (C=O) groups is 2. The average Bonchev–Trinajstić information content (AvgIpc) is 3.80. The van der Waals surface area contributed by atoms with Crippen LogP contribution in [-0.4, -0.2) is 83.5 Å². The van der Waals surface area contributed by atoms with Gasteiger partial charge in [-0.25, -0.2) is 8.42 Å². The molecular weight excluding hydrogens is 597 g/mol. The molecule has 3 fully saturated rings. The van der Waals surface area contributed by atoms with Gasteiger partial charge >= 0.3 is 5.97 Å². The van der Waals surface area contributed by atoms with Gasteiger partial charge in [-0.05, 0) is 61.1 Å². The Labute approximate surface area is 258 Å². The van der Waals surface area contributed by atoms with Crippen LogP contribution in [0.3, 0.4) is 0 Å². The van der Waals surface area contributed by atoms with Gasteiger partial charge in [0.1, 0.15) is 0 Å². The van der Waals surface area contributed by atoms with Crippen molar-refractivity contribution in [3.63, 3.8) is 0 Å². The van der Waals surface area contributed by atoms with E-state index in [9.17, 15) is 23.1 Å². The zero-order valence-corrected chi connectivity index (χ0v) is 26.4. The summed E-state index contributed by atoms with van der Waals surface area (Å²) in [5, 5.41) is 10.8. The fraction of sp³-hybridized carbons (Fsp3) is 0.548. The number of carboxylic acid groups (broad SMARTS) is 1. The van der Waals surface area contributed by atoms with Gasteiger partial charge in [0.05, 0.1) is 23.1 Å². The summed E-state index contributed by atoms with van der Waals surface area (Å²) >= 11 is 12.7. The van der Waals surface area contributed by atoms with E-state index in [-0.39, 0.29) is 35.6 Å². The lowest BCUT2D eigenvalue weighted by Crippen LogP contribution is -2.59. The van der Waals surface area contributed by atoms with Crippen LogP contribution in [0.2, 0.25) is 10.0 Å². The van der Waals surface area contributed by atoms with E-state index < -0.39 is 21.4 Å². The van der Waals surface area contributed by atoms with E-state index >= 15 is 0 Å². The molecule has 2 aromatic rings. The smallest absolute Gasteiger partial charge is 0.304 e. The Hall–Kier alpha value is -2.17. The second kappa shape index (κ2) is 12.4. The highest BCUT2D eigenvalue weighted by Gasteiger charge is 2.52. The number of piperidine rings is 1. The molecule has 5 rings (SSSR count). The van der Waals surface area contributed by atoms with Gasteiger partial charge in [-0.2, -0.15) is 4.31 Å². The Balaban J connectivity index is 1.50. The zero-order valence-electron chi connectivity index (χ0n) is 24.1. The summed E-state index contributed by atoms with van der Waals surface area (Å²) in [7, 11) is -3.23. The molecule has 0 bridgehead atoms. The maximum absolute atomic E-state index is 14.5. The predicted octanol–water partition coefficient (Wildman–Crippen LogP) is 5.42. The van der Waals surface area contributed by atoms with Gasteiger partial charge < -0.3 is 10.0 Å². The van der Waals surface area contributed by atoms with Crippen molar-refractivity contribution in [3.8, 4) is 0 Å². The predicted molar refractivity (Wildman–Crippen MR) is 164 cm³/mol. The van der Waals surface area contributed by atoms with E-state index in [0.717, 1.165) is 24.0 Å². The highest BCUT2D eigenvalue weighted by atomic mass is 35.5. The minimum absolute atomic E-state index is 0.176. The number of halogens is 2. The summed E-state index contributed by atoms with van der Waals surface area (Å²) in [6, 6.07) is 14.5. The molecule has 2 heterocycles. The standard InChI is InChI=1S/C31H39Cl2N3O5S/c1-3-25(20-34-13-15-35(16-14-34)42(40,41)26-11-12-26)36-29(21-7-9-23(32)10-8-21)27(22-5-4-6-24(33)17-22)18-31(2,30(36)39)19-28(37)38/h4-10,17,25-27,29H,3,11-16,18-20H2,1-2H3,(H,37,38)/t25-,27+,29+,31-/m0/s1. The first-order chi connectivity index (χ1) is 19.9. The quantitative estimate of drug-likeness (QED) is 0.374. The maximum Gasteiger partial charge on any atom is 0.304 e. The molecule has 1 aliphatic carbocycles. The maximum atomic E-state index is 14.5. The van der Waals surface area contributed by atoms with Crippen LogP contribution in [0.25, 0.3) is 0 Å². The number of hydrogen-bond donors (Lipinski definition) is 1. The van der Waals surface area contributed by atoms with Crippen LogP contribution >= 0.6 is 23.2 Å². The molecule has 2 aromatic carbocycles. The second-order valence-electron chi connectivity index (χ2n) is 12.2. The number of carbonyl (C=O) groups excluding carboxylic acids is 1. The molecule has 42 heavy (non-hydrogen) atoms. The highest BCUT2D eigenvalue weighted by Crippen LogP contribution is 2.52. The summed E-state index contributed by atoms with van der Waals surface area (Å²) in [6.07, 6.45) is 2.22. The minimum atomic E-state index is -3.23. The van der Waals surface area contributed by atoms with Crippen LogP contribution < -0.4 is 0 Å². The number of rotatable bonds is 10. The number of sulfonamides is 1. The molecule has 1 amide bonds. The largest absolute Gasteiger partial charge is 0.481 e. The number of carboxylic acids is 1. The van der Waals surface area contributed by atoms with Crippen molar-refractivity contribution in [2.45, 2.75) is 69.2 Å². The lowest BCUT2D eigenvalue weighted by atomic mass is 9.67. The molecule has 8 nitrogen and oxygen atoms in total. The average molecular weight is 637 g/mol. The molecule has 0 spiro atoms. The lowest BCUT2D eigenvalue weighted by molar-refractivity contribution is -0.161. The fourth-order valence-corrected chi connectivity index (χ4v) is 8.89. The molecule has 1 saturated carbocycles. The molecule has 0 unspecified atom stereocenters. The van der Waals surface area contributed by atoms with E-state index in [1.165, 1.54) is 0 Å².